The first-order valence-corrected chi connectivity index (χ1v) is 10.6. The molecule has 4 aromatic rings. The van der Waals surface area contributed by atoms with E-state index in [2.05, 4.69) is 21.0 Å². The second kappa shape index (κ2) is 9.83. The Hall–Kier alpha value is -4.72. The first kappa shape index (κ1) is 22.5. The Bertz CT molecular complexity index is 1330. The summed E-state index contributed by atoms with van der Waals surface area (Å²) >= 11 is 0. The number of benzene rings is 3. The Morgan fingerprint density at radius 3 is 1.76 bits per heavy atom. The van der Waals surface area contributed by atoms with E-state index in [1.807, 2.05) is 48.5 Å². The molecule has 0 radical (unpaired) electrons. The van der Waals surface area contributed by atoms with Crippen molar-refractivity contribution >= 4 is 34.8 Å². The summed E-state index contributed by atoms with van der Waals surface area (Å²) in [6.45, 7) is 3.46. The van der Waals surface area contributed by atoms with Gasteiger partial charge in [0, 0.05) is 17.1 Å². The van der Waals surface area contributed by atoms with Gasteiger partial charge in [-0.05, 0) is 62.4 Å². The molecule has 3 N–H and O–H groups in total. The van der Waals surface area contributed by atoms with Crippen LogP contribution in [0.4, 0.5) is 21.9 Å². The fourth-order valence-corrected chi connectivity index (χ4v) is 3.55. The van der Waals surface area contributed by atoms with E-state index >= 15 is 0 Å². The number of rotatable bonds is 6. The Labute approximate surface area is 196 Å². The van der Waals surface area contributed by atoms with E-state index in [1.54, 1.807) is 54.9 Å². The minimum absolute atomic E-state index is 0.275. The number of urea groups is 1. The second-order valence-electron chi connectivity index (χ2n) is 7.60. The van der Waals surface area contributed by atoms with E-state index in [0.717, 1.165) is 5.69 Å². The molecule has 3 aromatic carbocycles. The molecule has 0 bridgehead atoms. The Morgan fingerprint density at radius 1 is 0.676 bits per heavy atom. The molecule has 1 heterocycles. The quantitative estimate of drug-likeness (QED) is 0.284. The van der Waals surface area contributed by atoms with Gasteiger partial charge in [0.15, 0.2) is 0 Å². The number of carbonyl (C=O) groups excluding carboxylic acids is 3. The Kier molecular flexibility index (Phi) is 6.49. The first-order valence-electron chi connectivity index (χ1n) is 10.6. The number of para-hydroxylation sites is 2. The zero-order chi connectivity index (χ0) is 24.1. The van der Waals surface area contributed by atoms with E-state index in [-0.39, 0.29) is 11.6 Å². The summed E-state index contributed by atoms with van der Waals surface area (Å²) < 4.78 is 1.65. The number of carbonyl (C=O) groups is 3. The van der Waals surface area contributed by atoms with Crippen LogP contribution in [-0.2, 0) is 4.79 Å². The van der Waals surface area contributed by atoms with Crippen molar-refractivity contribution in [2.45, 2.75) is 13.8 Å². The van der Waals surface area contributed by atoms with Crippen LogP contribution in [-0.4, -0.2) is 27.5 Å². The van der Waals surface area contributed by atoms with Gasteiger partial charge in [0.05, 0.1) is 22.6 Å². The van der Waals surface area contributed by atoms with Gasteiger partial charge in [-0.1, -0.05) is 36.4 Å². The van der Waals surface area contributed by atoms with Gasteiger partial charge in [-0.15, -0.1) is 0 Å². The lowest BCUT2D eigenvalue weighted by molar-refractivity contribution is -0.112. The van der Waals surface area contributed by atoms with E-state index in [0.29, 0.717) is 28.5 Å². The molecule has 0 aliphatic heterocycles. The second-order valence-corrected chi connectivity index (χ2v) is 7.60. The van der Waals surface area contributed by atoms with Gasteiger partial charge in [0.1, 0.15) is 0 Å². The number of ketones is 1. The monoisotopic (exact) mass is 453 g/mol. The number of amides is 3. The molecule has 0 saturated heterocycles. The molecule has 0 fully saturated rings. The topological polar surface area (TPSA) is 105 Å². The number of aryl methyl sites for hydroxylation is 1. The molecule has 3 amide bonds. The lowest BCUT2D eigenvalue weighted by Gasteiger charge is -2.09. The third-order valence-electron chi connectivity index (χ3n) is 5.16. The molecule has 0 atom stereocenters. The molecular formula is C26H23N5O3. The maximum Gasteiger partial charge on any atom is 0.323 e. The zero-order valence-electron chi connectivity index (χ0n) is 18.7. The molecule has 0 saturated carbocycles. The van der Waals surface area contributed by atoms with E-state index in [4.69, 9.17) is 0 Å². The van der Waals surface area contributed by atoms with Crippen molar-refractivity contribution in [1.82, 2.24) is 9.78 Å². The van der Waals surface area contributed by atoms with Crippen molar-refractivity contribution in [3.63, 3.8) is 0 Å². The van der Waals surface area contributed by atoms with Gasteiger partial charge in [-0.2, -0.15) is 5.10 Å². The highest BCUT2D eigenvalue weighted by Crippen LogP contribution is 2.20. The van der Waals surface area contributed by atoms with Crippen LogP contribution in [0.5, 0.6) is 0 Å². The maximum atomic E-state index is 12.9. The average molecular weight is 454 g/mol. The predicted octanol–water partition coefficient (Wildman–Crippen LogP) is 4.95. The minimum atomic E-state index is -0.763. The van der Waals surface area contributed by atoms with Gasteiger partial charge < -0.3 is 16.0 Å². The van der Waals surface area contributed by atoms with Crippen molar-refractivity contribution in [2.75, 3.05) is 16.0 Å². The summed E-state index contributed by atoms with van der Waals surface area (Å²) in [6.07, 6.45) is 0. The highest BCUT2D eigenvalue weighted by molar-refractivity contribution is 6.47. The van der Waals surface area contributed by atoms with Gasteiger partial charge in [-0.3, -0.25) is 9.59 Å². The van der Waals surface area contributed by atoms with Crippen LogP contribution in [0.15, 0.2) is 84.9 Å². The van der Waals surface area contributed by atoms with E-state index in [9.17, 15) is 14.4 Å². The number of aromatic nitrogens is 2. The highest BCUT2D eigenvalue weighted by atomic mass is 16.2. The van der Waals surface area contributed by atoms with E-state index < -0.39 is 11.7 Å². The molecule has 0 spiro atoms. The summed E-state index contributed by atoms with van der Waals surface area (Å²) in [5.41, 5.74) is 3.78. The number of Topliss-reactive ketones (excluding diaryl/α,β-unsaturated/α-hetero) is 1. The number of nitrogens with zero attached hydrogens (tertiary/aromatic N) is 2. The fourth-order valence-electron chi connectivity index (χ4n) is 3.55. The lowest BCUT2D eigenvalue weighted by Crippen LogP contribution is -2.24. The first-order chi connectivity index (χ1) is 16.4. The summed E-state index contributed by atoms with van der Waals surface area (Å²) in [5, 5.41) is 12.5. The molecular weight excluding hydrogens is 430 g/mol. The summed E-state index contributed by atoms with van der Waals surface area (Å²) in [7, 11) is 0. The normalized spacial score (nSPS) is 10.4. The molecule has 0 aliphatic carbocycles. The highest BCUT2D eigenvalue weighted by Gasteiger charge is 2.25. The Morgan fingerprint density at radius 2 is 1.18 bits per heavy atom. The largest absolute Gasteiger partial charge is 0.323 e. The summed E-state index contributed by atoms with van der Waals surface area (Å²) in [6, 6.07) is 24.6. The van der Waals surface area contributed by atoms with Gasteiger partial charge in [0.25, 0.3) is 11.7 Å². The van der Waals surface area contributed by atoms with Gasteiger partial charge >= 0.3 is 6.03 Å². The van der Waals surface area contributed by atoms with Crippen LogP contribution >= 0.6 is 0 Å². The average Bonchev–Trinajstić information content (AvgIpc) is 3.14. The molecule has 8 nitrogen and oxygen atoms in total. The van der Waals surface area contributed by atoms with Gasteiger partial charge in [-0.25, -0.2) is 9.48 Å². The van der Waals surface area contributed by atoms with Crippen molar-refractivity contribution in [3.05, 3.63) is 102 Å². The van der Waals surface area contributed by atoms with Crippen LogP contribution < -0.4 is 16.0 Å². The minimum Gasteiger partial charge on any atom is -0.319 e. The van der Waals surface area contributed by atoms with Crippen LogP contribution in [0.2, 0.25) is 0 Å². The third-order valence-corrected chi connectivity index (χ3v) is 5.16. The lowest BCUT2D eigenvalue weighted by atomic mass is 10.1. The zero-order valence-corrected chi connectivity index (χ0v) is 18.7. The molecule has 4 rings (SSSR count). The van der Waals surface area contributed by atoms with Crippen molar-refractivity contribution in [1.29, 1.82) is 0 Å². The summed E-state index contributed by atoms with van der Waals surface area (Å²) in [4.78, 5) is 37.7. The Balaban J connectivity index is 1.41. The molecule has 170 valence electrons. The van der Waals surface area contributed by atoms with Crippen molar-refractivity contribution in [2.24, 2.45) is 0 Å². The van der Waals surface area contributed by atoms with Crippen LogP contribution in [0, 0.1) is 13.8 Å². The smallest absolute Gasteiger partial charge is 0.319 e. The molecule has 0 unspecified atom stereocenters. The number of hydrogen-bond acceptors (Lipinski definition) is 4. The fraction of sp³-hybridized carbons (Fsp3) is 0.0769. The van der Waals surface area contributed by atoms with Crippen LogP contribution in [0.3, 0.4) is 0 Å². The predicted molar refractivity (Wildman–Crippen MR) is 132 cm³/mol. The van der Waals surface area contributed by atoms with Gasteiger partial charge in [0.2, 0.25) is 0 Å². The van der Waals surface area contributed by atoms with E-state index in [1.165, 1.54) is 0 Å². The third kappa shape index (κ3) is 5.02. The molecule has 34 heavy (non-hydrogen) atoms. The maximum absolute atomic E-state index is 12.9. The number of anilines is 3. The molecule has 8 heteroatoms. The SMILES string of the molecule is Cc1nn(-c2ccccc2)c(C)c1C(=O)C(=O)Nc1ccc(NC(=O)Nc2ccccc2)cc1. The number of hydrogen-bond donors (Lipinski definition) is 3. The molecule has 0 aliphatic rings. The standard InChI is InChI=1S/C26H23N5O3/c1-17-23(18(2)31(30-17)22-11-7-4-8-12-22)24(32)25(33)27-20-13-15-21(16-14-20)29-26(34)28-19-9-5-3-6-10-19/h3-16H,1-2H3,(H,27,33)(H2,28,29,34). The number of nitrogens with one attached hydrogen (secondary N) is 3. The van der Waals surface area contributed by atoms with Crippen LogP contribution in [0.25, 0.3) is 5.69 Å². The van der Waals surface area contributed by atoms with Crippen LogP contribution in [0.1, 0.15) is 21.7 Å². The summed E-state index contributed by atoms with van der Waals surface area (Å²) in [5.74, 6) is -1.43. The van der Waals surface area contributed by atoms with Crippen molar-refractivity contribution < 1.29 is 14.4 Å². The molecule has 1 aromatic heterocycles. The van der Waals surface area contributed by atoms with Crippen molar-refractivity contribution in [3.8, 4) is 5.69 Å².